The van der Waals surface area contributed by atoms with E-state index in [0.29, 0.717) is 36.6 Å². The Labute approximate surface area is 147 Å². The summed E-state index contributed by atoms with van der Waals surface area (Å²) >= 11 is 6.11. The average Bonchev–Trinajstić information content (AvgIpc) is 2.58. The topological polar surface area (TPSA) is 52.7 Å². The second-order valence-corrected chi connectivity index (χ2v) is 6.97. The standard InChI is InChI=1S/C18H24ClN3O2/c1-3-9-22-17(24)14-6-5-13(19)12-15(14)20-18(22)7-10-21(11-8-18)16(23)4-2/h5-6,12,20H,3-4,7-11H2,1-2H3. The first-order valence-electron chi connectivity index (χ1n) is 8.68. The predicted octanol–water partition coefficient (Wildman–Crippen LogP) is 3.35. The molecule has 2 heterocycles. The number of hydrogen-bond donors (Lipinski definition) is 1. The van der Waals surface area contributed by atoms with E-state index in [9.17, 15) is 9.59 Å². The van der Waals surface area contributed by atoms with Gasteiger partial charge in [0.1, 0.15) is 5.66 Å². The predicted molar refractivity (Wildman–Crippen MR) is 95.2 cm³/mol. The van der Waals surface area contributed by atoms with E-state index in [1.165, 1.54) is 0 Å². The number of amides is 2. The van der Waals surface area contributed by atoms with Gasteiger partial charge >= 0.3 is 0 Å². The van der Waals surface area contributed by atoms with Crippen LogP contribution in [0.15, 0.2) is 18.2 Å². The van der Waals surface area contributed by atoms with E-state index in [-0.39, 0.29) is 11.8 Å². The van der Waals surface area contributed by atoms with Crippen molar-refractivity contribution in [1.29, 1.82) is 0 Å². The number of rotatable bonds is 3. The fourth-order valence-corrected chi connectivity index (χ4v) is 3.92. The summed E-state index contributed by atoms with van der Waals surface area (Å²) in [4.78, 5) is 28.8. The molecule has 6 heteroatoms. The Balaban J connectivity index is 1.91. The van der Waals surface area contributed by atoms with E-state index in [0.717, 1.165) is 24.9 Å². The Kier molecular flexibility index (Phi) is 4.72. The quantitative estimate of drug-likeness (QED) is 0.910. The molecule has 0 atom stereocenters. The molecule has 0 aromatic heterocycles. The molecule has 1 aromatic carbocycles. The number of halogens is 1. The molecule has 1 fully saturated rings. The van der Waals surface area contributed by atoms with Crippen molar-refractivity contribution in [2.75, 3.05) is 25.0 Å². The van der Waals surface area contributed by atoms with Gasteiger partial charge in [0.25, 0.3) is 5.91 Å². The normalized spacial score (nSPS) is 19.2. The van der Waals surface area contributed by atoms with E-state index in [4.69, 9.17) is 11.6 Å². The number of benzene rings is 1. The summed E-state index contributed by atoms with van der Waals surface area (Å²) in [6.45, 7) is 6.01. The molecule has 130 valence electrons. The van der Waals surface area contributed by atoms with Gasteiger partial charge in [0.15, 0.2) is 0 Å². The molecule has 1 saturated heterocycles. The van der Waals surface area contributed by atoms with Gasteiger partial charge in [0, 0.05) is 43.9 Å². The highest BCUT2D eigenvalue weighted by atomic mass is 35.5. The molecule has 1 aromatic rings. The summed E-state index contributed by atoms with van der Waals surface area (Å²) in [5.41, 5.74) is 1.05. The molecule has 0 bridgehead atoms. The van der Waals surface area contributed by atoms with Gasteiger partial charge in [-0.1, -0.05) is 25.4 Å². The first kappa shape index (κ1) is 17.1. The van der Waals surface area contributed by atoms with Crippen LogP contribution in [-0.2, 0) is 4.79 Å². The van der Waals surface area contributed by atoms with Crippen LogP contribution in [0.25, 0.3) is 0 Å². The second-order valence-electron chi connectivity index (χ2n) is 6.54. The number of anilines is 1. The van der Waals surface area contributed by atoms with Crippen LogP contribution in [0.3, 0.4) is 0 Å². The number of likely N-dealkylation sites (tertiary alicyclic amines) is 1. The van der Waals surface area contributed by atoms with Crippen LogP contribution >= 0.6 is 11.6 Å². The largest absolute Gasteiger partial charge is 0.362 e. The van der Waals surface area contributed by atoms with Crippen LogP contribution < -0.4 is 5.32 Å². The van der Waals surface area contributed by atoms with Gasteiger partial charge in [-0.3, -0.25) is 9.59 Å². The molecule has 5 nitrogen and oxygen atoms in total. The van der Waals surface area contributed by atoms with Crippen LogP contribution in [0.4, 0.5) is 5.69 Å². The molecule has 3 rings (SSSR count). The van der Waals surface area contributed by atoms with Crippen molar-refractivity contribution < 1.29 is 9.59 Å². The zero-order valence-electron chi connectivity index (χ0n) is 14.3. The van der Waals surface area contributed by atoms with Gasteiger partial charge in [0.05, 0.1) is 11.3 Å². The number of hydrogen-bond acceptors (Lipinski definition) is 3. The fourth-order valence-electron chi connectivity index (χ4n) is 3.75. The summed E-state index contributed by atoms with van der Waals surface area (Å²) in [6, 6.07) is 5.37. The summed E-state index contributed by atoms with van der Waals surface area (Å²) < 4.78 is 0. The average molecular weight is 350 g/mol. The lowest BCUT2D eigenvalue weighted by molar-refractivity contribution is -0.133. The summed E-state index contributed by atoms with van der Waals surface area (Å²) in [5.74, 6) is 0.231. The van der Waals surface area contributed by atoms with Crippen molar-refractivity contribution in [3.05, 3.63) is 28.8 Å². The van der Waals surface area contributed by atoms with Gasteiger partial charge < -0.3 is 15.1 Å². The number of carbonyl (C=O) groups excluding carboxylic acids is 2. The number of nitrogens with zero attached hydrogens (tertiary/aromatic N) is 2. The molecule has 2 amide bonds. The smallest absolute Gasteiger partial charge is 0.257 e. The van der Waals surface area contributed by atoms with Crippen molar-refractivity contribution in [2.45, 2.75) is 45.2 Å². The van der Waals surface area contributed by atoms with Crippen molar-refractivity contribution in [1.82, 2.24) is 9.80 Å². The first-order valence-corrected chi connectivity index (χ1v) is 9.06. The molecule has 0 radical (unpaired) electrons. The minimum atomic E-state index is -0.421. The highest BCUT2D eigenvalue weighted by Crippen LogP contribution is 2.38. The van der Waals surface area contributed by atoms with E-state index in [1.807, 2.05) is 22.8 Å². The van der Waals surface area contributed by atoms with Crippen molar-refractivity contribution in [3.63, 3.8) is 0 Å². The highest BCUT2D eigenvalue weighted by Gasteiger charge is 2.46. The van der Waals surface area contributed by atoms with E-state index >= 15 is 0 Å². The van der Waals surface area contributed by atoms with Gasteiger partial charge in [-0.2, -0.15) is 0 Å². The van der Waals surface area contributed by atoms with Crippen molar-refractivity contribution >= 4 is 29.1 Å². The third-order valence-corrected chi connectivity index (χ3v) is 5.27. The Morgan fingerprint density at radius 2 is 2.00 bits per heavy atom. The van der Waals surface area contributed by atoms with Gasteiger partial charge in [-0.05, 0) is 24.6 Å². The molecular formula is C18H24ClN3O2. The highest BCUT2D eigenvalue weighted by molar-refractivity contribution is 6.31. The molecule has 2 aliphatic heterocycles. The summed E-state index contributed by atoms with van der Waals surface area (Å²) in [5, 5.41) is 4.20. The zero-order chi connectivity index (χ0) is 17.3. The molecule has 0 aliphatic carbocycles. The van der Waals surface area contributed by atoms with Gasteiger partial charge in [-0.15, -0.1) is 0 Å². The molecule has 1 N–H and O–H groups in total. The van der Waals surface area contributed by atoms with Crippen LogP contribution in [0, 0.1) is 0 Å². The maximum atomic E-state index is 13.0. The minimum Gasteiger partial charge on any atom is -0.362 e. The maximum absolute atomic E-state index is 13.0. The molecule has 2 aliphatic rings. The number of carbonyl (C=O) groups is 2. The second kappa shape index (κ2) is 6.63. The SMILES string of the molecule is CCCN1C(=O)c2ccc(Cl)cc2NC12CCN(C(=O)CC)CC2. The lowest BCUT2D eigenvalue weighted by atomic mass is 9.89. The Hall–Kier alpha value is -1.75. The molecule has 0 saturated carbocycles. The maximum Gasteiger partial charge on any atom is 0.257 e. The third-order valence-electron chi connectivity index (χ3n) is 5.03. The van der Waals surface area contributed by atoms with Gasteiger partial charge in [-0.25, -0.2) is 0 Å². The van der Waals surface area contributed by atoms with Crippen LogP contribution in [0.2, 0.25) is 5.02 Å². The van der Waals surface area contributed by atoms with E-state index in [2.05, 4.69) is 12.2 Å². The first-order chi connectivity index (χ1) is 11.5. The molecule has 24 heavy (non-hydrogen) atoms. The lowest BCUT2D eigenvalue weighted by Crippen LogP contribution is -2.64. The number of nitrogens with one attached hydrogen (secondary N) is 1. The monoisotopic (exact) mass is 349 g/mol. The Morgan fingerprint density at radius 3 is 2.62 bits per heavy atom. The summed E-state index contributed by atoms with van der Waals surface area (Å²) in [7, 11) is 0. The van der Waals surface area contributed by atoms with E-state index in [1.54, 1.807) is 12.1 Å². The fraction of sp³-hybridized carbons (Fsp3) is 0.556. The molecular weight excluding hydrogens is 326 g/mol. The lowest BCUT2D eigenvalue weighted by Gasteiger charge is -2.52. The van der Waals surface area contributed by atoms with Crippen molar-refractivity contribution in [2.24, 2.45) is 0 Å². The van der Waals surface area contributed by atoms with Crippen molar-refractivity contribution in [3.8, 4) is 0 Å². The van der Waals surface area contributed by atoms with E-state index < -0.39 is 5.66 Å². The number of fused-ring (bicyclic) bond motifs is 1. The van der Waals surface area contributed by atoms with Crippen LogP contribution in [0.5, 0.6) is 0 Å². The Morgan fingerprint density at radius 1 is 1.29 bits per heavy atom. The zero-order valence-corrected chi connectivity index (χ0v) is 15.0. The summed E-state index contributed by atoms with van der Waals surface area (Å²) in [6.07, 6.45) is 2.89. The molecule has 0 unspecified atom stereocenters. The molecule has 1 spiro atoms. The Bertz CT molecular complexity index is 654. The third kappa shape index (κ3) is 2.86. The van der Waals surface area contributed by atoms with Crippen LogP contribution in [-0.4, -0.2) is 46.9 Å². The number of piperidine rings is 1. The van der Waals surface area contributed by atoms with Gasteiger partial charge in [0.2, 0.25) is 5.91 Å². The minimum absolute atomic E-state index is 0.0533. The van der Waals surface area contributed by atoms with Crippen LogP contribution in [0.1, 0.15) is 49.9 Å².